The van der Waals surface area contributed by atoms with Crippen LogP contribution in [0.15, 0.2) is 116 Å². The first-order valence-corrected chi connectivity index (χ1v) is 19.3. The van der Waals surface area contributed by atoms with E-state index in [1.807, 2.05) is 71.9 Å². The number of rotatable bonds is 11. The Labute approximate surface area is 331 Å². The van der Waals surface area contributed by atoms with E-state index in [0.717, 1.165) is 76.5 Å². The van der Waals surface area contributed by atoms with Gasteiger partial charge in [-0.1, -0.05) is 91.0 Å². The summed E-state index contributed by atoms with van der Waals surface area (Å²) in [6, 6.07) is 32.3. The van der Waals surface area contributed by atoms with Crippen molar-refractivity contribution >= 4 is 17.9 Å². The SMILES string of the molecule is COC(=O)N[C@@H](C(=O)N1CCC[C@H]1c1ncc(-c2ccc(-c3ccc(-c4cnc([C@@H]5CCCN5C(=O)Cc5cccc(OC)c5)[nH]4)cc3)cc2)[nH]1)c1ccccc1. The van der Waals surface area contributed by atoms with Crippen LogP contribution in [-0.2, 0) is 20.7 Å². The van der Waals surface area contributed by atoms with Crippen molar-refractivity contribution in [2.75, 3.05) is 27.3 Å². The number of H-pyrrole nitrogens is 2. The average molecular weight is 764 g/mol. The minimum Gasteiger partial charge on any atom is -0.497 e. The van der Waals surface area contributed by atoms with E-state index in [-0.39, 0.29) is 23.9 Å². The number of benzene rings is 4. The Bertz CT molecular complexity index is 2340. The Balaban J connectivity index is 0.915. The molecule has 3 amide bonds. The molecular formula is C45H45N7O5. The fraction of sp³-hybridized carbons (Fsp3) is 0.267. The van der Waals surface area contributed by atoms with Gasteiger partial charge in [0.15, 0.2) is 0 Å². The molecule has 0 saturated carbocycles. The second kappa shape index (κ2) is 16.6. The molecule has 290 valence electrons. The lowest BCUT2D eigenvalue weighted by Gasteiger charge is -2.28. The fourth-order valence-corrected chi connectivity index (χ4v) is 7.99. The highest BCUT2D eigenvalue weighted by Gasteiger charge is 2.37. The summed E-state index contributed by atoms with van der Waals surface area (Å²) < 4.78 is 10.2. The molecule has 0 spiro atoms. The lowest BCUT2D eigenvalue weighted by Crippen LogP contribution is -2.42. The predicted octanol–water partition coefficient (Wildman–Crippen LogP) is 7.81. The Kier molecular flexibility index (Phi) is 10.8. The zero-order valence-electron chi connectivity index (χ0n) is 32.0. The molecule has 2 aromatic heterocycles. The second-order valence-electron chi connectivity index (χ2n) is 14.5. The van der Waals surface area contributed by atoms with Crippen molar-refractivity contribution in [3.05, 3.63) is 138 Å². The number of alkyl carbamates (subject to hydrolysis) is 1. The van der Waals surface area contributed by atoms with Crippen molar-refractivity contribution in [1.29, 1.82) is 0 Å². The molecule has 4 heterocycles. The number of carbonyl (C=O) groups excluding carboxylic acids is 3. The lowest BCUT2D eigenvalue weighted by molar-refractivity contribution is -0.134. The number of imidazole rings is 2. The fourth-order valence-electron chi connectivity index (χ4n) is 7.99. The van der Waals surface area contributed by atoms with E-state index in [9.17, 15) is 14.4 Å². The van der Waals surface area contributed by atoms with Crippen LogP contribution in [0.3, 0.4) is 0 Å². The molecule has 3 atom stereocenters. The second-order valence-corrected chi connectivity index (χ2v) is 14.5. The summed E-state index contributed by atoms with van der Waals surface area (Å²) in [5.74, 6) is 2.15. The number of carbonyl (C=O) groups is 3. The third-order valence-corrected chi connectivity index (χ3v) is 11.0. The highest BCUT2D eigenvalue weighted by Crippen LogP contribution is 2.36. The zero-order valence-corrected chi connectivity index (χ0v) is 32.0. The zero-order chi connectivity index (χ0) is 39.3. The molecule has 2 saturated heterocycles. The first-order chi connectivity index (χ1) is 27.9. The van der Waals surface area contributed by atoms with Crippen LogP contribution < -0.4 is 10.1 Å². The smallest absolute Gasteiger partial charge is 0.407 e. The molecule has 2 aliphatic rings. The van der Waals surface area contributed by atoms with E-state index in [1.165, 1.54) is 7.11 Å². The number of nitrogens with one attached hydrogen (secondary N) is 3. The standard InChI is InChI=1S/C45H45N7O5/c1-56-35-12-6-9-29(25-35)26-40(53)51-23-7-13-38(51)42-46-27-36(48-42)32-19-15-30(16-20-32)31-17-21-33(22-18-31)37-28-47-43(49-37)39-14-8-24-52(39)44(54)41(50-45(55)57-2)34-10-4-3-5-11-34/h3-6,9-12,15-22,25,27-28,38-39,41H,7-8,13-14,23-24,26H2,1-2H3,(H,46,48)(H,47,49)(H,50,55)/t38-,39-,41+/m0/s1. The summed E-state index contributed by atoms with van der Waals surface area (Å²) in [6.07, 6.45) is 6.71. The van der Waals surface area contributed by atoms with Gasteiger partial charge in [-0.25, -0.2) is 14.8 Å². The summed E-state index contributed by atoms with van der Waals surface area (Å²) in [4.78, 5) is 59.5. The van der Waals surface area contributed by atoms with Gasteiger partial charge in [0.05, 0.1) is 56.5 Å². The van der Waals surface area contributed by atoms with Crippen molar-refractivity contribution in [1.82, 2.24) is 35.1 Å². The minimum atomic E-state index is -0.872. The molecular weight excluding hydrogens is 719 g/mol. The Hall–Kier alpha value is -6.69. The molecule has 6 aromatic rings. The summed E-state index contributed by atoms with van der Waals surface area (Å²) in [5, 5.41) is 2.72. The maximum absolute atomic E-state index is 13.9. The van der Waals surface area contributed by atoms with Crippen molar-refractivity contribution < 1.29 is 23.9 Å². The van der Waals surface area contributed by atoms with Crippen LogP contribution in [0, 0.1) is 0 Å². The van der Waals surface area contributed by atoms with E-state index < -0.39 is 12.1 Å². The van der Waals surface area contributed by atoms with Crippen molar-refractivity contribution in [2.45, 2.75) is 50.2 Å². The third-order valence-electron chi connectivity index (χ3n) is 11.0. The summed E-state index contributed by atoms with van der Waals surface area (Å²) in [7, 11) is 2.92. The van der Waals surface area contributed by atoms with Crippen molar-refractivity contribution in [3.63, 3.8) is 0 Å². The van der Waals surface area contributed by atoms with Gasteiger partial charge in [0.1, 0.15) is 23.4 Å². The van der Waals surface area contributed by atoms with Crippen LogP contribution in [-0.4, -0.2) is 75.0 Å². The van der Waals surface area contributed by atoms with Crippen LogP contribution in [0.2, 0.25) is 0 Å². The molecule has 0 bridgehead atoms. The molecule has 0 aliphatic carbocycles. The molecule has 0 unspecified atom stereocenters. The first kappa shape index (κ1) is 37.2. The Morgan fingerprint density at radius 2 is 1.28 bits per heavy atom. The summed E-state index contributed by atoms with van der Waals surface area (Å²) in [6.45, 7) is 1.28. The van der Waals surface area contributed by atoms with Gasteiger partial charge in [0, 0.05) is 13.1 Å². The van der Waals surface area contributed by atoms with E-state index in [1.54, 1.807) is 12.0 Å². The molecule has 0 radical (unpaired) electrons. The Morgan fingerprint density at radius 3 is 1.86 bits per heavy atom. The minimum absolute atomic E-state index is 0.0810. The summed E-state index contributed by atoms with van der Waals surface area (Å²) in [5.41, 5.74) is 7.53. The Morgan fingerprint density at radius 1 is 0.719 bits per heavy atom. The van der Waals surface area contributed by atoms with E-state index >= 15 is 0 Å². The molecule has 12 nitrogen and oxygen atoms in total. The normalized spacial score (nSPS) is 17.0. The highest BCUT2D eigenvalue weighted by atomic mass is 16.5. The molecule has 2 fully saturated rings. The van der Waals surface area contributed by atoms with Gasteiger partial charge < -0.3 is 34.6 Å². The lowest BCUT2D eigenvalue weighted by atomic mass is 10.0. The topological polar surface area (TPSA) is 146 Å². The van der Waals surface area contributed by atoms with Crippen LogP contribution in [0.25, 0.3) is 33.6 Å². The van der Waals surface area contributed by atoms with Crippen LogP contribution in [0.1, 0.15) is 66.6 Å². The number of hydrogen-bond acceptors (Lipinski definition) is 7. The number of ether oxygens (including phenoxy) is 2. The number of methoxy groups -OCH3 is 2. The van der Waals surface area contributed by atoms with Crippen LogP contribution in [0.5, 0.6) is 5.75 Å². The van der Waals surface area contributed by atoms with Gasteiger partial charge in [0.2, 0.25) is 5.91 Å². The third kappa shape index (κ3) is 8.02. The predicted molar refractivity (Wildman–Crippen MR) is 216 cm³/mol. The van der Waals surface area contributed by atoms with Crippen LogP contribution >= 0.6 is 0 Å². The monoisotopic (exact) mass is 763 g/mol. The van der Waals surface area contributed by atoms with E-state index in [4.69, 9.17) is 19.4 Å². The first-order valence-electron chi connectivity index (χ1n) is 19.3. The molecule has 4 aromatic carbocycles. The van der Waals surface area contributed by atoms with Gasteiger partial charge in [-0.3, -0.25) is 9.59 Å². The van der Waals surface area contributed by atoms with Crippen molar-refractivity contribution in [2.24, 2.45) is 0 Å². The molecule has 8 rings (SSSR count). The molecule has 12 heteroatoms. The number of likely N-dealkylation sites (tertiary alicyclic amines) is 2. The van der Waals surface area contributed by atoms with Crippen molar-refractivity contribution in [3.8, 4) is 39.4 Å². The number of hydrogen-bond donors (Lipinski definition) is 3. The molecule has 2 aliphatic heterocycles. The van der Waals surface area contributed by atoms with Gasteiger partial charge >= 0.3 is 6.09 Å². The average Bonchev–Trinajstić information content (AvgIpc) is 4.10. The quantitative estimate of drug-likeness (QED) is 0.122. The van der Waals surface area contributed by atoms with Gasteiger partial charge in [-0.2, -0.15) is 0 Å². The maximum Gasteiger partial charge on any atom is 0.407 e. The molecule has 57 heavy (non-hydrogen) atoms. The van der Waals surface area contributed by atoms with Gasteiger partial charge in [-0.05, 0) is 71.2 Å². The van der Waals surface area contributed by atoms with Gasteiger partial charge in [0.25, 0.3) is 5.91 Å². The number of aromatic nitrogens is 4. The van der Waals surface area contributed by atoms with Crippen LogP contribution in [0.4, 0.5) is 4.79 Å². The van der Waals surface area contributed by atoms with E-state index in [2.05, 4.69) is 63.8 Å². The molecule has 3 N–H and O–H groups in total. The van der Waals surface area contributed by atoms with Gasteiger partial charge in [-0.15, -0.1) is 0 Å². The summed E-state index contributed by atoms with van der Waals surface area (Å²) >= 11 is 0. The number of aromatic amines is 2. The maximum atomic E-state index is 13.9. The highest BCUT2D eigenvalue weighted by molar-refractivity contribution is 5.87. The number of amides is 3. The largest absolute Gasteiger partial charge is 0.497 e. The number of nitrogens with zero attached hydrogens (tertiary/aromatic N) is 4. The van der Waals surface area contributed by atoms with E-state index in [0.29, 0.717) is 30.9 Å².